The number of benzene rings is 1. The number of hydrogen-bond donors (Lipinski definition) is 0. The SMILES string of the molecule is CC(C)[PH+](CCc1ccccc1)C(C)C.[Br-]. The maximum atomic E-state index is 2.39. The summed E-state index contributed by atoms with van der Waals surface area (Å²) in [7, 11) is -0.176. The van der Waals surface area contributed by atoms with Gasteiger partial charge in [-0.1, -0.05) is 30.3 Å². The van der Waals surface area contributed by atoms with Gasteiger partial charge < -0.3 is 17.0 Å². The van der Waals surface area contributed by atoms with E-state index in [4.69, 9.17) is 0 Å². The molecule has 0 atom stereocenters. The van der Waals surface area contributed by atoms with Crippen LogP contribution < -0.4 is 17.0 Å². The molecule has 0 nitrogen and oxygen atoms in total. The zero-order valence-electron chi connectivity index (χ0n) is 10.8. The largest absolute Gasteiger partial charge is 1.00 e. The van der Waals surface area contributed by atoms with Crippen molar-refractivity contribution in [2.75, 3.05) is 6.16 Å². The van der Waals surface area contributed by atoms with Crippen LogP contribution in [0.3, 0.4) is 0 Å². The molecule has 92 valence electrons. The summed E-state index contributed by atoms with van der Waals surface area (Å²) in [5.74, 6) is 0. The summed E-state index contributed by atoms with van der Waals surface area (Å²) < 4.78 is 0. The van der Waals surface area contributed by atoms with Gasteiger partial charge in [-0.15, -0.1) is 0 Å². The highest BCUT2D eigenvalue weighted by Crippen LogP contribution is 2.46. The molecule has 16 heavy (non-hydrogen) atoms. The summed E-state index contributed by atoms with van der Waals surface area (Å²) >= 11 is 0. The standard InChI is InChI=1S/C14H23P.BrH/c1-12(2)15(13(3)4)11-10-14-8-6-5-7-9-14;/h5-9,12-13H,10-11H2,1-4H3;1H. The number of rotatable bonds is 5. The molecule has 0 aliphatic heterocycles. The van der Waals surface area contributed by atoms with Crippen molar-refractivity contribution >= 4 is 7.92 Å². The van der Waals surface area contributed by atoms with E-state index >= 15 is 0 Å². The van der Waals surface area contributed by atoms with Crippen LogP contribution >= 0.6 is 7.92 Å². The summed E-state index contributed by atoms with van der Waals surface area (Å²) in [6.07, 6.45) is 2.69. The monoisotopic (exact) mass is 302 g/mol. The van der Waals surface area contributed by atoms with E-state index in [2.05, 4.69) is 58.0 Å². The van der Waals surface area contributed by atoms with Gasteiger partial charge in [0.25, 0.3) is 0 Å². The van der Waals surface area contributed by atoms with E-state index in [0.29, 0.717) is 0 Å². The minimum Gasteiger partial charge on any atom is -1.00 e. The summed E-state index contributed by atoms with van der Waals surface area (Å²) in [6, 6.07) is 10.9. The molecular weight excluding hydrogens is 279 g/mol. The van der Waals surface area contributed by atoms with E-state index < -0.39 is 0 Å². The molecule has 0 saturated carbocycles. The van der Waals surface area contributed by atoms with Crippen LogP contribution in [0.2, 0.25) is 0 Å². The van der Waals surface area contributed by atoms with Crippen molar-refractivity contribution in [2.45, 2.75) is 45.4 Å². The Morgan fingerprint density at radius 2 is 1.44 bits per heavy atom. The first kappa shape index (κ1) is 16.1. The van der Waals surface area contributed by atoms with Crippen LogP contribution in [-0.4, -0.2) is 17.5 Å². The molecule has 0 aliphatic carbocycles. The van der Waals surface area contributed by atoms with Crippen LogP contribution in [0.1, 0.15) is 33.3 Å². The summed E-state index contributed by atoms with van der Waals surface area (Å²) in [5, 5.41) is 0. The molecule has 0 amide bonds. The fourth-order valence-corrected chi connectivity index (χ4v) is 5.24. The molecule has 1 aromatic carbocycles. The molecular formula is C14H24BrP. The lowest BCUT2D eigenvalue weighted by Crippen LogP contribution is -3.00. The zero-order valence-corrected chi connectivity index (χ0v) is 13.4. The molecule has 1 aromatic rings. The molecule has 1 rings (SSSR count). The predicted octanol–water partition coefficient (Wildman–Crippen LogP) is 1.26. The molecule has 0 saturated heterocycles. The molecule has 0 radical (unpaired) electrons. The third-order valence-corrected chi connectivity index (χ3v) is 6.82. The van der Waals surface area contributed by atoms with Crippen LogP contribution in [-0.2, 0) is 6.42 Å². The molecule has 0 spiro atoms. The molecule has 0 aromatic heterocycles. The second kappa shape index (κ2) is 8.25. The minimum atomic E-state index is -0.176. The fraction of sp³-hybridized carbons (Fsp3) is 0.571. The molecule has 0 aliphatic rings. The van der Waals surface area contributed by atoms with E-state index in [0.717, 1.165) is 11.3 Å². The lowest BCUT2D eigenvalue weighted by molar-refractivity contribution is -0.00000335. The minimum absolute atomic E-state index is 0. The predicted molar refractivity (Wildman–Crippen MR) is 73.6 cm³/mol. The highest BCUT2D eigenvalue weighted by atomic mass is 79.9. The lowest BCUT2D eigenvalue weighted by Gasteiger charge is -2.17. The van der Waals surface area contributed by atoms with Crippen molar-refractivity contribution in [1.29, 1.82) is 0 Å². The van der Waals surface area contributed by atoms with E-state index in [1.54, 1.807) is 0 Å². The average Bonchev–Trinajstić information content (AvgIpc) is 2.18. The molecule has 2 heteroatoms. The van der Waals surface area contributed by atoms with Crippen LogP contribution in [0, 0.1) is 0 Å². The van der Waals surface area contributed by atoms with Gasteiger partial charge in [0.05, 0.1) is 17.5 Å². The van der Waals surface area contributed by atoms with Crippen LogP contribution in [0.25, 0.3) is 0 Å². The second-order valence-corrected chi connectivity index (χ2v) is 8.83. The molecule has 0 bridgehead atoms. The molecule has 0 unspecified atom stereocenters. The Balaban J connectivity index is 0.00000225. The van der Waals surface area contributed by atoms with Gasteiger partial charge in [-0.05, 0) is 33.3 Å². The van der Waals surface area contributed by atoms with Crippen molar-refractivity contribution in [3.05, 3.63) is 35.9 Å². The van der Waals surface area contributed by atoms with Gasteiger partial charge in [0.1, 0.15) is 0 Å². The number of hydrogen-bond acceptors (Lipinski definition) is 0. The second-order valence-electron chi connectivity index (χ2n) is 4.87. The van der Waals surface area contributed by atoms with Gasteiger partial charge in [0, 0.05) is 14.3 Å². The van der Waals surface area contributed by atoms with Gasteiger partial charge in [-0.3, -0.25) is 0 Å². The summed E-state index contributed by atoms with van der Waals surface area (Å²) in [6.45, 7) is 9.55. The third kappa shape index (κ3) is 5.46. The summed E-state index contributed by atoms with van der Waals surface area (Å²) in [5.41, 5.74) is 3.30. The van der Waals surface area contributed by atoms with Crippen LogP contribution in [0.4, 0.5) is 0 Å². The maximum Gasteiger partial charge on any atom is 0.0621 e. The average molecular weight is 303 g/mol. The number of aryl methyl sites for hydroxylation is 1. The number of halogens is 1. The maximum absolute atomic E-state index is 2.39. The van der Waals surface area contributed by atoms with Crippen molar-refractivity contribution in [3.8, 4) is 0 Å². The van der Waals surface area contributed by atoms with E-state index in [1.165, 1.54) is 18.1 Å². The molecule has 0 fully saturated rings. The van der Waals surface area contributed by atoms with Crippen LogP contribution in [0.5, 0.6) is 0 Å². The van der Waals surface area contributed by atoms with Crippen molar-refractivity contribution in [1.82, 2.24) is 0 Å². The zero-order chi connectivity index (χ0) is 11.3. The summed E-state index contributed by atoms with van der Waals surface area (Å²) in [4.78, 5) is 0. The first-order valence-electron chi connectivity index (χ1n) is 6.00. The van der Waals surface area contributed by atoms with Crippen molar-refractivity contribution in [3.63, 3.8) is 0 Å². The Kier molecular flexibility index (Phi) is 8.32. The van der Waals surface area contributed by atoms with Gasteiger partial charge in [0.2, 0.25) is 0 Å². The van der Waals surface area contributed by atoms with Gasteiger partial charge in [0.15, 0.2) is 0 Å². The van der Waals surface area contributed by atoms with Crippen molar-refractivity contribution in [2.24, 2.45) is 0 Å². The lowest BCUT2D eigenvalue weighted by atomic mass is 10.2. The first-order chi connectivity index (χ1) is 7.11. The Morgan fingerprint density at radius 3 is 1.88 bits per heavy atom. The highest BCUT2D eigenvalue weighted by molar-refractivity contribution is 7.59. The quantitative estimate of drug-likeness (QED) is 0.719. The van der Waals surface area contributed by atoms with Gasteiger partial charge in [-0.2, -0.15) is 0 Å². The van der Waals surface area contributed by atoms with Crippen molar-refractivity contribution < 1.29 is 17.0 Å². The Bertz CT molecular complexity index is 261. The van der Waals surface area contributed by atoms with Gasteiger partial charge in [-0.25, -0.2) is 0 Å². The topological polar surface area (TPSA) is 0 Å². The van der Waals surface area contributed by atoms with E-state index in [9.17, 15) is 0 Å². The molecule has 0 N–H and O–H groups in total. The van der Waals surface area contributed by atoms with E-state index in [1.807, 2.05) is 0 Å². The van der Waals surface area contributed by atoms with Gasteiger partial charge >= 0.3 is 0 Å². The first-order valence-corrected chi connectivity index (χ1v) is 7.87. The third-order valence-electron chi connectivity index (χ3n) is 3.03. The fourth-order valence-electron chi connectivity index (χ4n) is 2.18. The normalized spacial score (nSPS) is 10.9. The Hall–Kier alpha value is 0.130. The van der Waals surface area contributed by atoms with E-state index in [-0.39, 0.29) is 24.9 Å². The smallest absolute Gasteiger partial charge is 0.0621 e. The van der Waals surface area contributed by atoms with Crippen LogP contribution in [0.15, 0.2) is 30.3 Å². The highest BCUT2D eigenvalue weighted by Gasteiger charge is 2.23. The Labute approximate surface area is 112 Å². The Morgan fingerprint density at radius 1 is 0.938 bits per heavy atom. The molecule has 0 heterocycles.